The van der Waals surface area contributed by atoms with Crippen molar-refractivity contribution in [2.24, 2.45) is 5.73 Å². The van der Waals surface area contributed by atoms with Crippen LogP contribution in [0.5, 0.6) is 0 Å². The molecule has 0 unspecified atom stereocenters. The summed E-state index contributed by atoms with van der Waals surface area (Å²) < 4.78 is 10.7. The molecule has 0 atom stereocenters. The van der Waals surface area contributed by atoms with E-state index < -0.39 is 0 Å². The van der Waals surface area contributed by atoms with Crippen molar-refractivity contribution in [1.29, 1.82) is 0 Å². The van der Waals surface area contributed by atoms with Gasteiger partial charge in [0, 0.05) is 13.2 Å². The molecule has 136 valence electrons. The van der Waals surface area contributed by atoms with Gasteiger partial charge in [-0.3, -0.25) is 0 Å². The molecule has 0 bridgehead atoms. The number of hydrogen-bond acceptors (Lipinski definition) is 7. The minimum atomic E-state index is 0.333. The second kappa shape index (κ2) is 11.9. The van der Waals surface area contributed by atoms with E-state index in [0.717, 1.165) is 30.4 Å². The van der Waals surface area contributed by atoms with Gasteiger partial charge in [0.1, 0.15) is 12.6 Å². The van der Waals surface area contributed by atoms with Crippen LogP contribution in [-0.2, 0) is 9.47 Å². The Morgan fingerprint density at radius 3 is 2.54 bits per heavy atom. The number of nitrogens with one attached hydrogen (secondary N) is 1. The van der Waals surface area contributed by atoms with E-state index in [1.165, 1.54) is 0 Å². The molecule has 0 radical (unpaired) electrons. The summed E-state index contributed by atoms with van der Waals surface area (Å²) in [6, 6.07) is 0. The number of rotatable bonds is 12. The Morgan fingerprint density at radius 1 is 1.12 bits per heavy atom. The van der Waals surface area contributed by atoms with Gasteiger partial charge in [-0.15, -0.1) is 0 Å². The highest BCUT2D eigenvalue weighted by Gasteiger charge is 2.11. The molecule has 0 saturated heterocycles. The average molecular weight is 337 g/mol. The molecule has 0 aliphatic carbocycles. The van der Waals surface area contributed by atoms with E-state index in [0.29, 0.717) is 50.7 Å². The van der Waals surface area contributed by atoms with Gasteiger partial charge >= 0.3 is 0 Å². The molecule has 7 nitrogen and oxygen atoms in total. The third-order valence-corrected chi connectivity index (χ3v) is 3.53. The fourth-order valence-electron chi connectivity index (χ4n) is 2.14. The lowest BCUT2D eigenvalue weighted by molar-refractivity contribution is 0.0602. The van der Waals surface area contributed by atoms with E-state index in [1.54, 1.807) is 0 Å². The lowest BCUT2D eigenvalue weighted by atomic mass is 10.0. The Labute approximate surface area is 145 Å². The molecule has 24 heavy (non-hydrogen) atoms. The summed E-state index contributed by atoms with van der Waals surface area (Å²) in [4.78, 5) is 13.3. The first-order chi connectivity index (χ1) is 11.6. The second-order valence-corrected chi connectivity index (χ2v) is 5.52. The fraction of sp³-hybridized carbons (Fsp3) is 0.706. The predicted octanol–water partition coefficient (Wildman–Crippen LogP) is 2.52. The molecule has 3 N–H and O–H groups in total. The fourth-order valence-corrected chi connectivity index (χ4v) is 2.14. The third-order valence-electron chi connectivity index (χ3n) is 3.53. The van der Waals surface area contributed by atoms with Crippen LogP contribution in [0.2, 0.25) is 0 Å². The Bertz CT molecular complexity index is 520. The van der Waals surface area contributed by atoms with Crippen LogP contribution in [0, 0.1) is 6.92 Å². The highest BCUT2D eigenvalue weighted by molar-refractivity contribution is 5.64. The number of aryl methyl sites for hydroxylation is 1. The summed E-state index contributed by atoms with van der Waals surface area (Å²) >= 11 is 0. The molecule has 0 amide bonds. The van der Waals surface area contributed by atoms with Crippen LogP contribution in [-0.4, -0.2) is 48.0 Å². The topological polar surface area (TPSA) is 95.2 Å². The van der Waals surface area contributed by atoms with E-state index >= 15 is 0 Å². The van der Waals surface area contributed by atoms with Gasteiger partial charge in [-0.2, -0.15) is 9.97 Å². The average Bonchev–Trinajstić information content (AvgIpc) is 2.57. The van der Waals surface area contributed by atoms with Crippen molar-refractivity contribution < 1.29 is 9.47 Å². The number of anilines is 1. The van der Waals surface area contributed by atoms with Crippen LogP contribution in [0.1, 0.15) is 51.7 Å². The van der Waals surface area contributed by atoms with Crippen LogP contribution >= 0.6 is 0 Å². The third kappa shape index (κ3) is 7.33. The lowest BCUT2D eigenvalue weighted by Gasteiger charge is -2.12. The summed E-state index contributed by atoms with van der Waals surface area (Å²) in [5, 5.41) is 3.08. The number of unbranched alkanes of at least 4 members (excludes halogenated alkanes) is 1. The highest BCUT2D eigenvalue weighted by atomic mass is 16.5. The maximum absolute atomic E-state index is 5.82. The van der Waals surface area contributed by atoms with Crippen molar-refractivity contribution in [3.63, 3.8) is 0 Å². The summed E-state index contributed by atoms with van der Waals surface area (Å²) in [5.41, 5.74) is 8.05. The van der Waals surface area contributed by atoms with Crippen LogP contribution in [0.15, 0.2) is 5.57 Å². The van der Waals surface area contributed by atoms with E-state index in [2.05, 4.69) is 27.2 Å². The molecule has 1 rings (SSSR count). The first-order valence-corrected chi connectivity index (χ1v) is 8.63. The molecule has 1 heterocycles. The summed E-state index contributed by atoms with van der Waals surface area (Å²) in [6.45, 7) is 10.7. The molecule has 0 aromatic carbocycles. The van der Waals surface area contributed by atoms with Gasteiger partial charge in [-0.05, 0) is 39.2 Å². The Morgan fingerprint density at radius 2 is 1.88 bits per heavy atom. The van der Waals surface area contributed by atoms with E-state index in [9.17, 15) is 0 Å². The lowest BCUT2D eigenvalue weighted by Crippen LogP contribution is -2.14. The molecular formula is C17H31N5O2. The maximum atomic E-state index is 5.82. The van der Waals surface area contributed by atoms with Gasteiger partial charge in [0.2, 0.25) is 5.95 Å². The summed E-state index contributed by atoms with van der Waals surface area (Å²) in [7, 11) is 0. The smallest absolute Gasteiger partial charge is 0.228 e. The molecule has 0 spiro atoms. The second-order valence-electron chi connectivity index (χ2n) is 5.52. The molecule has 0 aliphatic heterocycles. The van der Waals surface area contributed by atoms with Gasteiger partial charge in [-0.1, -0.05) is 18.9 Å². The molecule has 7 heteroatoms. The van der Waals surface area contributed by atoms with Gasteiger partial charge in [0.25, 0.3) is 0 Å². The molecule has 1 aromatic heterocycles. The number of nitrogens with zero attached hydrogens (tertiary/aromatic N) is 3. The highest BCUT2D eigenvalue weighted by Crippen LogP contribution is 2.22. The SMILES string of the molecule is CCCC/C(=C(/C)CN)c1nc(C)nc(NCOCCOCC)n1. The number of nitrogens with two attached hydrogens (primary N) is 1. The van der Waals surface area contributed by atoms with Gasteiger partial charge in [0.05, 0.1) is 13.2 Å². The maximum Gasteiger partial charge on any atom is 0.228 e. The zero-order valence-corrected chi connectivity index (χ0v) is 15.4. The Kier molecular flexibility index (Phi) is 10.1. The molecule has 0 saturated carbocycles. The molecule has 0 aliphatic rings. The van der Waals surface area contributed by atoms with Crippen LogP contribution in [0.4, 0.5) is 5.95 Å². The normalized spacial score (nSPS) is 12.2. The van der Waals surface area contributed by atoms with Gasteiger partial charge < -0.3 is 20.5 Å². The minimum Gasteiger partial charge on any atom is -0.379 e. The predicted molar refractivity (Wildman–Crippen MR) is 96.7 cm³/mol. The van der Waals surface area contributed by atoms with Crippen LogP contribution in [0.3, 0.4) is 0 Å². The minimum absolute atomic E-state index is 0.333. The summed E-state index contributed by atoms with van der Waals surface area (Å²) in [5.74, 6) is 1.90. The number of hydrogen-bond donors (Lipinski definition) is 2. The first-order valence-electron chi connectivity index (χ1n) is 8.63. The first kappa shape index (κ1) is 20.5. The van der Waals surface area contributed by atoms with Crippen LogP contribution < -0.4 is 11.1 Å². The van der Waals surface area contributed by atoms with Crippen molar-refractivity contribution in [3.8, 4) is 0 Å². The zero-order chi connectivity index (χ0) is 17.8. The monoisotopic (exact) mass is 337 g/mol. The van der Waals surface area contributed by atoms with Crippen molar-refractivity contribution in [2.75, 3.05) is 38.4 Å². The largest absolute Gasteiger partial charge is 0.379 e. The molecule has 0 fully saturated rings. The zero-order valence-electron chi connectivity index (χ0n) is 15.4. The van der Waals surface area contributed by atoms with E-state index in [-0.39, 0.29) is 0 Å². The van der Waals surface area contributed by atoms with Crippen molar-refractivity contribution in [1.82, 2.24) is 15.0 Å². The Balaban J connectivity index is 2.76. The number of allylic oxidation sites excluding steroid dienone is 1. The molecular weight excluding hydrogens is 306 g/mol. The summed E-state index contributed by atoms with van der Waals surface area (Å²) in [6.07, 6.45) is 3.12. The molecule has 1 aromatic rings. The van der Waals surface area contributed by atoms with Gasteiger partial charge in [-0.25, -0.2) is 4.98 Å². The quantitative estimate of drug-likeness (QED) is 0.447. The van der Waals surface area contributed by atoms with Crippen LogP contribution in [0.25, 0.3) is 5.57 Å². The van der Waals surface area contributed by atoms with Gasteiger partial charge in [0.15, 0.2) is 5.82 Å². The van der Waals surface area contributed by atoms with Crippen molar-refractivity contribution in [2.45, 2.75) is 47.0 Å². The van der Waals surface area contributed by atoms with Crippen molar-refractivity contribution in [3.05, 3.63) is 17.2 Å². The van der Waals surface area contributed by atoms with Crippen molar-refractivity contribution >= 4 is 11.5 Å². The van der Waals surface area contributed by atoms with E-state index in [1.807, 2.05) is 20.8 Å². The number of ether oxygens (including phenoxy) is 2. The standard InChI is InChI=1S/C17H31N5O2/c1-5-7-8-15(13(3)11-18)16-20-14(4)21-17(22-16)19-12-24-10-9-23-6-2/h5-12,18H2,1-4H3,(H,19,20,21,22)/b15-13+. The number of aromatic nitrogens is 3. The Hall–Kier alpha value is -1.57. The van der Waals surface area contributed by atoms with E-state index in [4.69, 9.17) is 15.2 Å².